The second kappa shape index (κ2) is 7.28. The van der Waals surface area contributed by atoms with Crippen LogP contribution in [0.2, 0.25) is 0 Å². The highest BCUT2D eigenvalue weighted by Gasteiger charge is 2.38. The Bertz CT molecular complexity index is 967. The number of amides is 3. The molecule has 28 heavy (non-hydrogen) atoms. The Kier molecular flexibility index (Phi) is 5.17. The molecular weight excluding hydrogens is 392 g/mol. The summed E-state index contributed by atoms with van der Waals surface area (Å²) < 4.78 is 24.3. The van der Waals surface area contributed by atoms with Gasteiger partial charge in [-0.3, -0.25) is 29.4 Å². The van der Waals surface area contributed by atoms with E-state index in [0.717, 1.165) is 23.3 Å². The zero-order valence-electron chi connectivity index (χ0n) is 15.0. The zero-order valence-corrected chi connectivity index (χ0v) is 15.8. The van der Waals surface area contributed by atoms with Gasteiger partial charge in [-0.25, -0.2) is 12.7 Å². The fraction of sp³-hybridized carbons (Fsp3) is 0.438. The SMILES string of the molecule is CS(=O)(=O)N1CCC(NC(=O)CN2C(=O)c3ccc([N+](=O)[O-])cc3C2=O)CC1. The van der Waals surface area contributed by atoms with Crippen LogP contribution in [0.3, 0.4) is 0 Å². The molecule has 0 aromatic heterocycles. The van der Waals surface area contributed by atoms with Gasteiger partial charge in [0, 0.05) is 31.3 Å². The van der Waals surface area contributed by atoms with Gasteiger partial charge in [0.25, 0.3) is 17.5 Å². The lowest BCUT2D eigenvalue weighted by atomic mass is 10.1. The average Bonchev–Trinajstić information content (AvgIpc) is 2.86. The molecule has 1 saturated heterocycles. The van der Waals surface area contributed by atoms with E-state index in [0.29, 0.717) is 12.8 Å². The second-order valence-electron chi connectivity index (χ2n) is 6.69. The molecule has 1 aromatic carbocycles. The first kappa shape index (κ1) is 19.9. The maximum absolute atomic E-state index is 12.4. The zero-order chi connectivity index (χ0) is 20.6. The van der Waals surface area contributed by atoms with Crippen molar-refractivity contribution in [3.05, 3.63) is 39.4 Å². The molecule has 3 rings (SSSR count). The molecular formula is C16H18N4O7S. The topological polar surface area (TPSA) is 147 Å². The summed E-state index contributed by atoms with van der Waals surface area (Å²) >= 11 is 0. The quantitative estimate of drug-likeness (QED) is 0.399. The number of nitro benzene ring substituents is 1. The molecule has 1 N–H and O–H groups in total. The largest absolute Gasteiger partial charge is 0.352 e. The molecule has 0 unspecified atom stereocenters. The van der Waals surface area contributed by atoms with Crippen LogP contribution in [0.15, 0.2) is 18.2 Å². The number of hydrogen-bond acceptors (Lipinski definition) is 7. The van der Waals surface area contributed by atoms with Crippen LogP contribution in [-0.4, -0.2) is 72.2 Å². The van der Waals surface area contributed by atoms with E-state index in [2.05, 4.69) is 5.32 Å². The van der Waals surface area contributed by atoms with Gasteiger partial charge >= 0.3 is 0 Å². The second-order valence-corrected chi connectivity index (χ2v) is 8.67. The van der Waals surface area contributed by atoms with Crippen molar-refractivity contribution in [3.8, 4) is 0 Å². The maximum atomic E-state index is 12.4. The van der Waals surface area contributed by atoms with Gasteiger partial charge in [-0.05, 0) is 18.9 Å². The van der Waals surface area contributed by atoms with E-state index in [1.807, 2.05) is 0 Å². The van der Waals surface area contributed by atoms with Gasteiger partial charge in [-0.15, -0.1) is 0 Å². The van der Waals surface area contributed by atoms with Crippen LogP contribution in [0.4, 0.5) is 5.69 Å². The van der Waals surface area contributed by atoms with Gasteiger partial charge in [0.2, 0.25) is 15.9 Å². The summed E-state index contributed by atoms with van der Waals surface area (Å²) in [4.78, 5) is 47.9. The van der Waals surface area contributed by atoms with Crippen LogP contribution >= 0.6 is 0 Å². The van der Waals surface area contributed by atoms with E-state index in [4.69, 9.17) is 0 Å². The minimum absolute atomic E-state index is 0.0184. The number of sulfonamides is 1. The molecule has 2 aliphatic heterocycles. The summed E-state index contributed by atoms with van der Waals surface area (Å²) in [5.41, 5.74) is -0.401. The molecule has 0 radical (unpaired) electrons. The lowest BCUT2D eigenvalue weighted by Gasteiger charge is -2.30. The number of benzene rings is 1. The molecule has 150 valence electrons. The molecule has 0 aliphatic carbocycles. The molecule has 0 atom stereocenters. The number of rotatable bonds is 5. The molecule has 11 nitrogen and oxygen atoms in total. The van der Waals surface area contributed by atoms with Gasteiger partial charge in [0.15, 0.2) is 0 Å². The molecule has 0 spiro atoms. The van der Waals surface area contributed by atoms with Crippen molar-refractivity contribution in [1.29, 1.82) is 0 Å². The number of imide groups is 1. The van der Waals surface area contributed by atoms with Gasteiger partial charge in [-0.1, -0.05) is 0 Å². The molecule has 2 aliphatic rings. The Morgan fingerprint density at radius 3 is 2.39 bits per heavy atom. The predicted molar refractivity (Wildman–Crippen MR) is 96.0 cm³/mol. The van der Waals surface area contributed by atoms with Crippen molar-refractivity contribution in [2.24, 2.45) is 0 Å². The minimum atomic E-state index is -3.28. The minimum Gasteiger partial charge on any atom is -0.352 e. The van der Waals surface area contributed by atoms with Crippen LogP contribution in [0.1, 0.15) is 33.6 Å². The highest BCUT2D eigenvalue weighted by molar-refractivity contribution is 7.88. The summed E-state index contributed by atoms with van der Waals surface area (Å²) in [6.07, 6.45) is 1.97. The summed E-state index contributed by atoms with van der Waals surface area (Å²) in [5, 5.41) is 13.5. The van der Waals surface area contributed by atoms with E-state index in [-0.39, 0.29) is 35.9 Å². The third kappa shape index (κ3) is 3.87. The van der Waals surface area contributed by atoms with Crippen molar-refractivity contribution < 1.29 is 27.7 Å². The summed E-state index contributed by atoms with van der Waals surface area (Å²) in [6, 6.07) is 3.09. The maximum Gasteiger partial charge on any atom is 0.270 e. The van der Waals surface area contributed by atoms with Crippen LogP contribution in [0, 0.1) is 10.1 Å². The standard InChI is InChI=1S/C16H18N4O7S/c1-28(26,27)18-6-4-10(5-7-18)17-14(21)9-19-15(22)12-3-2-11(20(24)25)8-13(12)16(19)23/h2-3,8,10H,4-7,9H2,1H3,(H,17,21). The normalized spacial score (nSPS) is 18.2. The van der Waals surface area contributed by atoms with Gasteiger partial charge in [-0.2, -0.15) is 0 Å². The molecule has 12 heteroatoms. The van der Waals surface area contributed by atoms with Crippen molar-refractivity contribution in [2.45, 2.75) is 18.9 Å². The van der Waals surface area contributed by atoms with E-state index in [1.165, 1.54) is 10.4 Å². The highest BCUT2D eigenvalue weighted by Crippen LogP contribution is 2.26. The number of piperidine rings is 1. The number of nitrogens with one attached hydrogen (secondary N) is 1. The highest BCUT2D eigenvalue weighted by atomic mass is 32.2. The number of carbonyl (C=O) groups excluding carboxylic acids is 3. The predicted octanol–water partition coefficient (Wildman–Crippen LogP) is -0.269. The Labute approximate surface area is 160 Å². The monoisotopic (exact) mass is 410 g/mol. The van der Waals surface area contributed by atoms with E-state index in [1.54, 1.807) is 0 Å². The lowest BCUT2D eigenvalue weighted by Crippen LogP contribution is -2.49. The van der Waals surface area contributed by atoms with Crippen LogP contribution < -0.4 is 5.32 Å². The lowest BCUT2D eigenvalue weighted by molar-refractivity contribution is -0.384. The Hall–Kier alpha value is -2.86. The van der Waals surface area contributed by atoms with Crippen LogP contribution in [0.25, 0.3) is 0 Å². The summed E-state index contributed by atoms with van der Waals surface area (Å²) in [6.45, 7) is 0.0490. The van der Waals surface area contributed by atoms with Crippen molar-refractivity contribution >= 4 is 33.4 Å². The van der Waals surface area contributed by atoms with Crippen LogP contribution in [-0.2, 0) is 14.8 Å². The Balaban J connectivity index is 1.61. The van der Waals surface area contributed by atoms with Crippen molar-refractivity contribution in [3.63, 3.8) is 0 Å². The fourth-order valence-corrected chi connectivity index (χ4v) is 4.16. The van der Waals surface area contributed by atoms with E-state index < -0.39 is 39.2 Å². The Morgan fingerprint density at radius 2 is 1.82 bits per heavy atom. The smallest absolute Gasteiger partial charge is 0.270 e. The molecule has 3 amide bonds. The molecule has 2 heterocycles. The third-order valence-corrected chi connectivity index (χ3v) is 6.06. The van der Waals surface area contributed by atoms with Gasteiger partial charge in [0.1, 0.15) is 6.54 Å². The molecule has 1 aromatic rings. The first-order valence-electron chi connectivity index (χ1n) is 8.47. The first-order chi connectivity index (χ1) is 13.1. The number of non-ortho nitro benzene ring substituents is 1. The molecule has 1 fully saturated rings. The van der Waals surface area contributed by atoms with E-state index in [9.17, 15) is 32.9 Å². The fourth-order valence-electron chi connectivity index (χ4n) is 3.28. The van der Waals surface area contributed by atoms with Crippen molar-refractivity contribution in [1.82, 2.24) is 14.5 Å². The molecule has 0 bridgehead atoms. The summed E-state index contributed by atoms with van der Waals surface area (Å²) in [5.74, 6) is -2.00. The van der Waals surface area contributed by atoms with Gasteiger partial charge < -0.3 is 5.32 Å². The summed E-state index contributed by atoms with van der Waals surface area (Å²) in [7, 11) is -3.28. The number of nitrogens with zero attached hydrogens (tertiary/aromatic N) is 3. The van der Waals surface area contributed by atoms with Gasteiger partial charge in [0.05, 0.1) is 22.3 Å². The number of nitro groups is 1. The number of fused-ring (bicyclic) bond motifs is 1. The number of hydrogen-bond donors (Lipinski definition) is 1. The van der Waals surface area contributed by atoms with E-state index >= 15 is 0 Å². The van der Waals surface area contributed by atoms with Crippen LogP contribution in [0.5, 0.6) is 0 Å². The number of carbonyl (C=O) groups is 3. The Morgan fingerprint density at radius 1 is 1.21 bits per heavy atom. The molecule has 0 saturated carbocycles. The third-order valence-electron chi connectivity index (χ3n) is 4.75. The average molecular weight is 410 g/mol. The van der Waals surface area contributed by atoms with Crippen molar-refractivity contribution in [2.75, 3.05) is 25.9 Å². The first-order valence-corrected chi connectivity index (χ1v) is 10.3.